The van der Waals surface area contributed by atoms with Crippen molar-refractivity contribution in [1.29, 1.82) is 0 Å². The molecule has 1 aliphatic heterocycles. The summed E-state index contributed by atoms with van der Waals surface area (Å²) in [5, 5.41) is 0. The fourth-order valence-electron chi connectivity index (χ4n) is 3.98. The smallest absolute Gasteiger partial charge is 0.337 e. The van der Waals surface area contributed by atoms with Crippen LogP contribution in [0.25, 0.3) is 11.0 Å². The first-order chi connectivity index (χ1) is 15.2. The number of hydrogen-bond acceptors (Lipinski definition) is 5. The fraction of sp³-hybridized carbons (Fsp3) is 0.375. The SMILES string of the molecule is COC(=O)c1cccc(CCCCn2cc(C(=O)N3CCOCC3)c3ncccc32)c1. The second-order valence-corrected chi connectivity index (χ2v) is 7.66. The number of aromatic nitrogens is 2. The maximum absolute atomic E-state index is 13.0. The third-order valence-electron chi connectivity index (χ3n) is 5.63. The lowest BCUT2D eigenvalue weighted by Gasteiger charge is -2.26. The van der Waals surface area contributed by atoms with Gasteiger partial charge >= 0.3 is 5.97 Å². The molecule has 0 atom stereocenters. The van der Waals surface area contributed by atoms with Crippen LogP contribution in [0.5, 0.6) is 0 Å². The zero-order valence-electron chi connectivity index (χ0n) is 17.8. The summed E-state index contributed by atoms with van der Waals surface area (Å²) in [5.74, 6) is -0.295. The molecule has 2 aromatic heterocycles. The Kier molecular flexibility index (Phi) is 6.62. The Morgan fingerprint density at radius 1 is 1.13 bits per heavy atom. The quantitative estimate of drug-likeness (QED) is 0.432. The molecule has 0 bridgehead atoms. The first-order valence-electron chi connectivity index (χ1n) is 10.7. The van der Waals surface area contributed by atoms with Crippen LogP contribution in [0.1, 0.15) is 39.1 Å². The summed E-state index contributed by atoms with van der Waals surface area (Å²) in [7, 11) is 1.39. The van der Waals surface area contributed by atoms with Crippen LogP contribution >= 0.6 is 0 Å². The van der Waals surface area contributed by atoms with Gasteiger partial charge in [-0.05, 0) is 49.1 Å². The van der Waals surface area contributed by atoms with Gasteiger partial charge in [0.15, 0.2) is 0 Å². The molecule has 162 valence electrons. The molecule has 0 spiro atoms. The molecular formula is C24H27N3O4. The van der Waals surface area contributed by atoms with E-state index in [1.807, 2.05) is 41.4 Å². The van der Waals surface area contributed by atoms with Gasteiger partial charge in [0.25, 0.3) is 5.91 Å². The van der Waals surface area contributed by atoms with E-state index < -0.39 is 0 Å². The van der Waals surface area contributed by atoms with Gasteiger partial charge in [-0.15, -0.1) is 0 Å². The van der Waals surface area contributed by atoms with Crippen molar-refractivity contribution in [1.82, 2.24) is 14.5 Å². The second-order valence-electron chi connectivity index (χ2n) is 7.66. The van der Waals surface area contributed by atoms with E-state index >= 15 is 0 Å². The Balaban J connectivity index is 1.42. The Labute approximate surface area is 181 Å². The van der Waals surface area contributed by atoms with Gasteiger partial charge in [0.2, 0.25) is 0 Å². The van der Waals surface area contributed by atoms with E-state index in [4.69, 9.17) is 9.47 Å². The maximum Gasteiger partial charge on any atom is 0.337 e. The first kappa shape index (κ1) is 21.1. The number of carbonyl (C=O) groups is 2. The summed E-state index contributed by atoms with van der Waals surface area (Å²) >= 11 is 0. The van der Waals surface area contributed by atoms with E-state index in [1.165, 1.54) is 7.11 Å². The minimum absolute atomic E-state index is 0.0189. The molecule has 0 aliphatic carbocycles. The summed E-state index contributed by atoms with van der Waals surface area (Å²) in [6.07, 6.45) is 6.47. The van der Waals surface area contributed by atoms with E-state index in [1.54, 1.807) is 12.3 Å². The number of aryl methyl sites for hydroxylation is 2. The number of unbranched alkanes of at least 4 members (excludes halogenated alkanes) is 1. The van der Waals surface area contributed by atoms with Crippen LogP contribution in [0.3, 0.4) is 0 Å². The highest BCUT2D eigenvalue weighted by molar-refractivity contribution is 6.05. The molecule has 7 nitrogen and oxygen atoms in total. The normalized spacial score (nSPS) is 14.0. The largest absolute Gasteiger partial charge is 0.465 e. The van der Waals surface area contributed by atoms with Crippen LogP contribution in [-0.4, -0.2) is 59.7 Å². The molecule has 0 saturated carbocycles. The lowest BCUT2D eigenvalue weighted by Crippen LogP contribution is -2.40. The number of methoxy groups -OCH3 is 1. The van der Waals surface area contributed by atoms with Gasteiger partial charge in [-0.25, -0.2) is 4.79 Å². The zero-order chi connectivity index (χ0) is 21.6. The summed E-state index contributed by atoms with van der Waals surface area (Å²) in [6.45, 7) is 3.19. The molecule has 0 N–H and O–H groups in total. The number of rotatable bonds is 7. The monoisotopic (exact) mass is 421 g/mol. The minimum atomic E-state index is -0.314. The number of nitrogens with zero attached hydrogens (tertiary/aromatic N) is 3. The predicted octanol–water partition coefficient (Wildman–Crippen LogP) is 3.32. The third-order valence-corrected chi connectivity index (χ3v) is 5.63. The number of carbonyl (C=O) groups excluding carboxylic acids is 2. The van der Waals surface area contributed by atoms with E-state index in [-0.39, 0.29) is 11.9 Å². The van der Waals surface area contributed by atoms with Crippen molar-refractivity contribution in [3.05, 3.63) is 65.5 Å². The summed E-state index contributed by atoms with van der Waals surface area (Å²) < 4.78 is 12.3. The zero-order valence-corrected chi connectivity index (χ0v) is 17.8. The van der Waals surface area contributed by atoms with Crippen molar-refractivity contribution < 1.29 is 19.1 Å². The van der Waals surface area contributed by atoms with Gasteiger partial charge in [0, 0.05) is 32.0 Å². The van der Waals surface area contributed by atoms with Crippen molar-refractivity contribution in [2.75, 3.05) is 33.4 Å². The fourth-order valence-corrected chi connectivity index (χ4v) is 3.98. The number of esters is 1. The lowest BCUT2D eigenvalue weighted by molar-refractivity contribution is 0.0304. The van der Waals surface area contributed by atoms with Gasteiger partial charge in [0.1, 0.15) is 5.52 Å². The van der Waals surface area contributed by atoms with Gasteiger partial charge < -0.3 is 18.9 Å². The van der Waals surface area contributed by atoms with Gasteiger partial charge in [0.05, 0.1) is 37.0 Å². The van der Waals surface area contributed by atoms with Crippen LogP contribution in [0, 0.1) is 0 Å². The highest BCUT2D eigenvalue weighted by atomic mass is 16.5. The molecule has 1 saturated heterocycles. The molecule has 1 fully saturated rings. The van der Waals surface area contributed by atoms with E-state index in [9.17, 15) is 9.59 Å². The van der Waals surface area contributed by atoms with Gasteiger partial charge in [-0.3, -0.25) is 9.78 Å². The van der Waals surface area contributed by atoms with Crippen molar-refractivity contribution in [3.63, 3.8) is 0 Å². The minimum Gasteiger partial charge on any atom is -0.465 e. The topological polar surface area (TPSA) is 73.7 Å². The standard InChI is InChI=1S/C24H27N3O4/c1-30-24(29)19-8-4-7-18(16-19)6-2-3-11-27-17-20(22-21(27)9-5-10-25-22)23(28)26-12-14-31-15-13-26/h4-5,7-10,16-17H,2-3,6,11-15H2,1H3. The van der Waals surface area contributed by atoms with Crippen molar-refractivity contribution in [2.24, 2.45) is 0 Å². The Morgan fingerprint density at radius 2 is 1.97 bits per heavy atom. The average molecular weight is 421 g/mol. The average Bonchev–Trinajstić information content (AvgIpc) is 3.20. The van der Waals surface area contributed by atoms with Crippen LogP contribution in [0.4, 0.5) is 0 Å². The van der Waals surface area contributed by atoms with Crippen molar-refractivity contribution in [2.45, 2.75) is 25.8 Å². The Morgan fingerprint density at radius 3 is 2.77 bits per heavy atom. The molecular weight excluding hydrogens is 394 g/mol. The molecule has 0 radical (unpaired) electrons. The molecule has 31 heavy (non-hydrogen) atoms. The summed E-state index contributed by atoms with van der Waals surface area (Å²) in [6, 6.07) is 11.5. The summed E-state index contributed by atoms with van der Waals surface area (Å²) in [4.78, 5) is 31.1. The number of amides is 1. The van der Waals surface area contributed by atoms with Crippen LogP contribution in [0.15, 0.2) is 48.8 Å². The molecule has 1 amide bonds. The first-order valence-corrected chi connectivity index (χ1v) is 10.7. The van der Waals surface area contributed by atoms with Crippen LogP contribution < -0.4 is 0 Å². The predicted molar refractivity (Wildman–Crippen MR) is 117 cm³/mol. The second kappa shape index (κ2) is 9.75. The number of hydrogen-bond donors (Lipinski definition) is 0. The van der Waals surface area contributed by atoms with Gasteiger partial charge in [-0.2, -0.15) is 0 Å². The highest BCUT2D eigenvalue weighted by Crippen LogP contribution is 2.22. The molecule has 1 aromatic carbocycles. The Bertz CT molecular complexity index is 1070. The van der Waals surface area contributed by atoms with Crippen LogP contribution in [-0.2, 0) is 22.4 Å². The highest BCUT2D eigenvalue weighted by Gasteiger charge is 2.23. The number of morpholine rings is 1. The van der Waals surface area contributed by atoms with Crippen molar-refractivity contribution >= 4 is 22.9 Å². The molecule has 4 rings (SSSR count). The number of benzene rings is 1. The number of fused-ring (bicyclic) bond motifs is 1. The molecule has 7 heteroatoms. The molecule has 3 aromatic rings. The number of ether oxygens (including phenoxy) is 2. The Hall–Kier alpha value is -3.19. The van der Waals surface area contributed by atoms with Gasteiger partial charge in [-0.1, -0.05) is 12.1 Å². The maximum atomic E-state index is 13.0. The van der Waals surface area contributed by atoms with Crippen molar-refractivity contribution in [3.8, 4) is 0 Å². The third kappa shape index (κ3) is 4.77. The van der Waals surface area contributed by atoms with Crippen LogP contribution in [0.2, 0.25) is 0 Å². The lowest BCUT2D eigenvalue weighted by atomic mass is 10.1. The number of pyridine rings is 1. The van der Waals surface area contributed by atoms with E-state index in [2.05, 4.69) is 9.55 Å². The molecule has 3 heterocycles. The van der Waals surface area contributed by atoms with E-state index in [0.717, 1.165) is 42.4 Å². The molecule has 0 unspecified atom stereocenters. The summed E-state index contributed by atoms with van der Waals surface area (Å²) in [5.41, 5.74) is 4.08. The molecule has 1 aliphatic rings. The van der Waals surface area contributed by atoms with E-state index in [0.29, 0.717) is 37.4 Å².